The molecule has 0 aliphatic rings. The Bertz CT molecular complexity index is 612. The highest BCUT2D eigenvalue weighted by atomic mass is 79.9. The van der Waals surface area contributed by atoms with Gasteiger partial charge in [0.25, 0.3) is 0 Å². The maximum Gasteiger partial charge on any atom is 0.141 e. The minimum Gasteiger partial charge on any atom is -0.456 e. The average Bonchev–Trinajstić information content (AvgIpc) is 2.40. The van der Waals surface area contributed by atoms with E-state index in [2.05, 4.69) is 48.8 Å². The van der Waals surface area contributed by atoms with Crippen LogP contribution in [0.5, 0.6) is 11.5 Å². The lowest BCUT2D eigenvalue weighted by Gasteiger charge is -2.19. The maximum atomic E-state index is 5.92. The fraction of sp³-hybridized carbons (Fsp3) is 0.333. The van der Waals surface area contributed by atoms with Crippen LogP contribution in [0.2, 0.25) is 0 Å². The van der Waals surface area contributed by atoms with Crippen molar-refractivity contribution >= 4 is 15.9 Å². The van der Waals surface area contributed by atoms with E-state index in [0.29, 0.717) is 0 Å². The summed E-state index contributed by atoms with van der Waals surface area (Å²) in [7, 11) is 0. The molecule has 0 aliphatic heterocycles. The lowest BCUT2D eigenvalue weighted by molar-refractivity contribution is 0.478. The number of hydrogen-bond donors (Lipinski definition) is 1. The van der Waals surface area contributed by atoms with Crippen molar-refractivity contribution in [3.05, 3.63) is 58.1 Å². The third-order valence-corrected chi connectivity index (χ3v) is 4.05. The largest absolute Gasteiger partial charge is 0.456 e. The first-order valence-corrected chi connectivity index (χ1v) is 7.90. The predicted molar refractivity (Wildman–Crippen MR) is 92.0 cm³/mol. The fourth-order valence-electron chi connectivity index (χ4n) is 2.03. The zero-order chi connectivity index (χ0) is 15.6. The molecule has 2 aromatic carbocycles. The van der Waals surface area contributed by atoms with Gasteiger partial charge in [0.1, 0.15) is 11.5 Å². The lowest BCUT2D eigenvalue weighted by Crippen LogP contribution is -2.10. The molecule has 0 aliphatic carbocycles. The second kappa shape index (κ2) is 6.20. The summed E-state index contributed by atoms with van der Waals surface area (Å²) >= 11 is 3.54. The van der Waals surface area contributed by atoms with Crippen LogP contribution in [0.25, 0.3) is 0 Å². The van der Waals surface area contributed by atoms with Crippen LogP contribution in [0.1, 0.15) is 44.9 Å². The standard InChI is InChI=1S/C18H22BrNO/c1-12(20)13-5-10-17(16(19)11-13)21-15-8-6-14(7-9-15)18(2,3)4/h5-12H,20H2,1-4H3/t12-/m0/s1. The number of benzene rings is 2. The molecule has 0 saturated heterocycles. The Balaban J connectivity index is 2.19. The third kappa shape index (κ3) is 4.08. The lowest BCUT2D eigenvalue weighted by atomic mass is 9.87. The molecule has 0 saturated carbocycles. The van der Waals surface area contributed by atoms with E-state index < -0.39 is 0 Å². The molecule has 0 unspecified atom stereocenters. The van der Waals surface area contributed by atoms with Crippen LogP contribution in [0.4, 0.5) is 0 Å². The first-order valence-electron chi connectivity index (χ1n) is 7.11. The van der Waals surface area contributed by atoms with Crippen LogP contribution in [-0.2, 0) is 5.41 Å². The monoisotopic (exact) mass is 347 g/mol. The Morgan fingerprint density at radius 1 is 1.05 bits per heavy atom. The highest BCUT2D eigenvalue weighted by Crippen LogP contribution is 2.32. The van der Waals surface area contributed by atoms with E-state index in [1.807, 2.05) is 37.3 Å². The van der Waals surface area contributed by atoms with Crippen molar-refractivity contribution in [2.75, 3.05) is 0 Å². The first-order chi connectivity index (χ1) is 9.77. The van der Waals surface area contributed by atoms with Gasteiger partial charge in [0.15, 0.2) is 0 Å². The third-order valence-electron chi connectivity index (χ3n) is 3.43. The molecular weight excluding hydrogens is 326 g/mol. The summed E-state index contributed by atoms with van der Waals surface area (Å²) in [5, 5.41) is 0. The zero-order valence-electron chi connectivity index (χ0n) is 13.0. The number of ether oxygens (including phenoxy) is 1. The molecule has 112 valence electrons. The van der Waals surface area contributed by atoms with Gasteiger partial charge < -0.3 is 10.5 Å². The van der Waals surface area contributed by atoms with Crippen molar-refractivity contribution in [2.24, 2.45) is 5.73 Å². The molecule has 21 heavy (non-hydrogen) atoms. The highest BCUT2D eigenvalue weighted by Gasteiger charge is 2.13. The molecule has 0 heterocycles. The number of nitrogens with two attached hydrogens (primary N) is 1. The molecule has 0 bridgehead atoms. The van der Waals surface area contributed by atoms with Crippen molar-refractivity contribution in [3.63, 3.8) is 0 Å². The Hall–Kier alpha value is -1.32. The SMILES string of the molecule is C[C@H](N)c1ccc(Oc2ccc(C(C)(C)C)cc2)c(Br)c1. The molecular formula is C18H22BrNO. The summed E-state index contributed by atoms with van der Waals surface area (Å²) in [6, 6.07) is 14.2. The van der Waals surface area contributed by atoms with Crippen LogP contribution >= 0.6 is 15.9 Å². The van der Waals surface area contributed by atoms with Crippen LogP contribution in [0.3, 0.4) is 0 Å². The number of hydrogen-bond acceptors (Lipinski definition) is 2. The molecule has 2 rings (SSSR count). The van der Waals surface area contributed by atoms with E-state index in [9.17, 15) is 0 Å². The van der Waals surface area contributed by atoms with Gasteiger partial charge in [-0.25, -0.2) is 0 Å². The first kappa shape index (κ1) is 16.1. The van der Waals surface area contributed by atoms with Gasteiger partial charge in [0.2, 0.25) is 0 Å². The van der Waals surface area contributed by atoms with Gasteiger partial charge in [-0.1, -0.05) is 39.0 Å². The minimum absolute atomic E-state index is 0.0152. The molecule has 0 radical (unpaired) electrons. The second-order valence-electron chi connectivity index (χ2n) is 6.35. The van der Waals surface area contributed by atoms with Crippen molar-refractivity contribution in [2.45, 2.75) is 39.2 Å². The van der Waals surface area contributed by atoms with Gasteiger partial charge in [0.05, 0.1) is 4.47 Å². The van der Waals surface area contributed by atoms with E-state index in [1.165, 1.54) is 5.56 Å². The topological polar surface area (TPSA) is 35.2 Å². The normalized spacial score (nSPS) is 13.0. The van der Waals surface area contributed by atoms with Crippen molar-refractivity contribution in [3.8, 4) is 11.5 Å². The van der Waals surface area contributed by atoms with Crippen LogP contribution in [0, 0.1) is 0 Å². The van der Waals surface area contributed by atoms with Gasteiger partial charge in [-0.15, -0.1) is 0 Å². The molecule has 0 aromatic heterocycles. The number of rotatable bonds is 3. The highest BCUT2D eigenvalue weighted by molar-refractivity contribution is 9.10. The molecule has 3 heteroatoms. The Labute approximate surface area is 135 Å². The molecule has 2 aromatic rings. The minimum atomic E-state index is 0.0152. The quantitative estimate of drug-likeness (QED) is 0.788. The van der Waals surface area contributed by atoms with E-state index in [4.69, 9.17) is 10.5 Å². The van der Waals surface area contributed by atoms with Crippen LogP contribution in [-0.4, -0.2) is 0 Å². The summed E-state index contributed by atoms with van der Waals surface area (Å²) in [5.74, 6) is 1.63. The van der Waals surface area contributed by atoms with E-state index in [-0.39, 0.29) is 11.5 Å². The Morgan fingerprint density at radius 2 is 1.67 bits per heavy atom. The van der Waals surface area contributed by atoms with E-state index in [1.54, 1.807) is 0 Å². The smallest absolute Gasteiger partial charge is 0.141 e. The summed E-state index contributed by atoms with van der Waals surface area (Å²) in [5.41, 5.74) is 8.41. The zero-order valence-corrected chi connectivity index (χ0v) is 14.6. The maximum absolute atomic E-state index is 5.92. The predicted octanol–water partition coefficient (Wildman–Crippen LogP) is 5.56. The molecule has 0 spiro atoms. The summed E-state index contributed by atoms with van der Waals surface area (Å²) in [6.07, 6.45) is 0. The van der Waals surface area contributed by atoms with Crippen molar-refractivity contribution in [1.29, 1.82) is 0 Å². The van der Waals surface area contributed by atoms with Gasteiger partial charge in [-0.2, -0.15) is 0 Å². The Morgan fingerprint density at radius 3 is 2.14 bits per heavy atom. The average molecular weight is 348 g/mol. The molecule has 2 N–H and O–H groups in total. The molecule has 0 fully saturated rings. The molecule has 2 nitrogen and oxygen atoms in total. The van der Waals surface area contributed by atoms with Gasteiger partial charge in [-0.3, -0.25) is 0 Å². The van der Waals surface area contributed by atoms with Crippen molar-refractivity contribution in [1.82, 2.24) is 0 Å². The Kier molecular flexibility index (Phi) is 4.74. The van der Waals surface area contributed by atoms with Crippen LogP contribution < -0.4 is 10.5 Å². The molecule has 0 amide bonds. The van der Waals surface area contributed by atoms with E-state index in [0.717, 1.165) is 21.5 Å². The summed E-state index contributed by atoms with van der Waals surface area (Å²) in [6.45, 7) is 8.57. The van der Waals surface area contributed by atoms with Gasteiger partial charge in [-0.05, 0) is 63.7 Å². The molecule has 1 atom stereocenters. The van der Waals surface area contributed by atoms with E-state index >= 15 is 0 Å². The number of halogens is 1. The second-order valence-corrected chi connectivity index (χ2v) is 7.21. The van der Waals surface area contributed by atoms with Crippen LogP contribution in [0.15, 0.2) is 46.9 Å². The summed E-state index contributed by atoms with van der Waals surface area (Å²) in [4.78, 5) is 0. The van der Waals surface area contributed by atoms with Gasteiger partial charge >= 0.3 is 0 Å². The fourth-order valence-corrected chi connectivity index (χ4v) is 2.51. The van der Waals surface area contributed by atoms with Gasteiger partial charge in [0, 0.05) is 6.04 Å². The summed E-state index contributed by atoms with van der Waals surface area (Å²) < 4.78 is 6.84. The van der Waals surface area contributed by atoms with Crippen molar-refractivity contribution < 1.29 is 4.74 Å².